The molecule has 0 unspecified atom stereocenters. The number of amides is 2. The second kappa shape index (κ2) is 5.97. The van der Waals surface area contributed by atoms with Crippen molar-refractivity contribution in [2.75, 3.05) is 12.0 Å². The van der Waals surface area contributed by atoms with Crippen LogP contribution in [0.15, 0.2) is 48.5 Å². The zero-order valence-electron chi connectivity index (χ0n) is 11.5. The van der Waals surface area contributed by atoms with Crippen LogP contribution in [-0.4, -0.2) is 23.4 Å². The summed E-state index contributed by atoms with van der Waals surface area (Å²) in [6, 6.07) is 14.7. The van der Waals surface area contributed by atoms with Gasteiger partial charge in [0.15, 0.2) is 0 Å². The molecule has 0 bridgehead atoms. The number of carbonyl (C=O) groups is 2. The molecule has 1 heterocycles. The number of aryl methyl sites for hydroxylation is 1. The maximum Gasteiger partial charge on any atom is 0.263 e. The van der Waals surface area contributed by atoms with E-state index in [-0.39, 0.29) is 30.9 Å². The zero-order chi connectivity index (χ0) is 14.1. The van der Waals surface area contributed by atoms with Crippen LogP contribution in [0.1, 0.15) is 26.3 Å². The summed E-state index contributed by atoms with van der Waals surface area (Å²) in [5, 5.41) is 3.13. The zero-order valence-corrected chi connectivity index (χ0v) is 12.2. The Morgan fingerprint density at radius 1 is 0.905 bits per heavy atom. The van der Waals surface area contributed by atoms with Crippen LogP contribution in [0.2, 0.25) is 0 Å². The van der Waals surface area contributed by atoms with Gasteiger partial charge in [-0.25, -0.2) is 0 Å². The van der Waals surface area contributed by atoms with Crippen LogP contribution in [0.4, 0.5) is 5.69 Å². The van der Waals surface area contributed by atoms with Crippen LogP contribution < -0.4 is 17.7 Å². The Balaban J connectivity index is 0.00000161. The summed E-state index contributed by atoms with van der Waals surface area (Å²) < 4.78 is 0. The Labute approximate surface area is 129 Å². The molecule has 3 rings (SSSR count). The average molecular weight is 302 g/mol. The van der Waals surface area contributed by atoms with Gasteiger partial charge in [0.1, 0.15) is 0 Å². The first-order valence-electron chi connectivity index (χ1n) is 6.43. The largest absolute Gasteiger partial charge is 1.00 e. The van der Waals surface area contributed by atoms with Gasteiger partial charge < -0.3 is 17.7 Å². The van der Waals surface area contributed by atoms with Crippen LogP contribution in [0, 0.1) is 6.92 Å². The van der Waals surface area contributed by atoms with Crippen molar-refractivity contribution in [3.63, 3.8) is 0 Å². The van der Waals surface area contributed by atoms with Gasteiger partial charge in [-0.1, -0.05) is 30.3 Å². The minimum atomic E-state index is -0.244. The van der Waals surface area contributed by atoms with Crippen molar-refractivity contribution < 1.29 is 22.0 Å². The first kappa shape index (κ1) is 15.1. The lowest BCUT2D eigenvalue weighted by molar-refractivity contribution is -0.0000270. The summed E-state index contributed by atoms with van der Waals surface area (Å²) in [7, 11) is 0. The quantitative estimate of drug-likeness (QED) is 0.790. The average Bonchev–Trinajstić information content (AvgIpc) is 2.71. The second-order valence-electron chi connectivity index (χ2n) is 4.73. The van der Waals surface area contributed by atoms with Gasteiger partial charge in [0, 0.05) is 5.69 Å². The molecular weight excluding hydrogens is 288 g/mol. The van der Waals surface area contributed by atoms with Gasteiger partial charge in [-0.15, -0.1) is 0 Å². The third-order valence-electron chi connectivity index (χ3n) is 3.45. The van der Waals surface area contributed by atoms with Gasteiger partial charge in [-0.3, -0.25) is 14.5 Å². The van der Waals surface area contributed by atoms with Crippen LogP contribution in [0.3, 0.4) is 0 Å². The van der Waals surface area contributed by atoms with E-state index in [9.17, 15) is 9.59 Å². The Kier molecular flexibility index (Phi) is 4.29. The molecule has 21 heavy (non-hydrogen) atoms. The first-order chi connectivity index (χ1) is 9.68. The van der Waals surface area contributed by atoms with Crippen molar-refractivity contribution in [2.24, 2.45) is 0 Å². The molecule has 0 aliphatic carbocycles. The molecule has 1 aliphatic heterocycles. The molecule has 0 spiro atoms. The maximum absolute atomic E-state index is 12.2. The highest BCUT2D eigenvalue weighted by Crippen LogP contribution is 2.22. The topological polar surface area (TPSA) is 49.4 Å². The number of anilines is 1. The van der Waals surface area contributed by atoms with Gasteiger partial charge in [-0.05, 0) is 30.7 Å². The van der Waals surface area contributed by atoms with E-state index in [0.29, 0.717) is 11.1 Å². The third-order valence-corrected chi connectivity index (χ3v) is 3.45. The molecule has 2 aromatic rings. The number of fused-ring (bicyclic) bond motifs is 1. The van der Waals surface area contributed by atoms with E-state index in [4.69, 9.17) is 0 Å². The van der Waals surface area contributed by atoms with Crippen LogP contribution in [-0.2, 0) is 0 Å². The monoisotopic (exact) mass is 301 g/mol. The maximum atomic E-state index is 12.2. The molecule has 0 fully saturated rings. The second-order valence-corrected chi connectivity index (χ2v) is 4.73. The molecule has 2 aromatic carbocycles. The number of imide groups is 1. The van der Waals surface area contributed by atoms with Gasteiger partial charge in [0.05, 0.1) is 17.8 Å². The van der Waals surface area contributed by atoms with E-state index < -0.39 is 0 Å². The van der Waals surface area contributed by atoms with Crippen LogP contribution in [0.5, 0.6) is 0 Å². The van der Waals surface area contributed by atoms with Crippen LogP contribution >= 0.6 is 0 Å². The van der Waals surface area contributed by atoms with E-state index in [2.05, 4.69) is 5.32 Å². The number of carbonyl (C=O) groups excluding carboxylic acids is 2. The molecule has 0 aromatic heterocycles. The summed E-state index contributed by atoms with van der Waals surface area (Å²) in [6.45, 7) is 2.15. The lowest BCUT2D eigenvalue weighted by Gasteiger charge is -2.16. The van der Waals surface area contributed by atoms with Gasteiger partial charge in [-0.2, -0.15) is 0 Å². The van der Waals surface area contributed by atoms with E-state index >= 15 is 0 Å². The Hall–Kier alpha value is -2.33. The van der Waals surface area contributed by atoms with Crippen molar-refractivity contribution in [3.8, 4) is 0 Å². The first-order valence-corrected chi connectivity index (χ1v) is 6.43. The SMILES string of the molecule is Cc1ccccc1NCN1C(=O)c2ccccc2C1=O.[Cl-]. The Morgan fingerprint density at radius 3 is 2.00 bits per heavy atom. The van der Waals surface area contributed by atoms with Crippen molar-refractivity contribution in [1.82, 2.24) is 4.90 Å². The number of hydrogen-bond donors (Lipinski definition) is 1. The van der Waals surface area contributed by atoms with E-state index in [0.717, 1.165) is 11.3 Å². The summed E-state index contributed by atoms with van der Waals surface area (Å²) in [6.07, 6.45) is 0. The third kappa shape index (κ3) is 2.62. The van der Waals surface area contributed by atoms with Gasteiger partial charge in [0.2, 0.25) is 0 Å². The molecule has 0 atom stereocenters. The molecule has 1 N–H and O–H groups in total. The molecule has 108 valence electrons. The van der Waals surface area contributed by atoms with Crippen molar-refractivity contribution in [3.05, 3.63) is 65.2 Å². The fraction of sp³-hybridized carbons (Fsp3) is 0.125. The molecule has 2 amide bonds. The van der Waals surface area contributed by atoms with E-state index in [1.54, 1.807) is 24.3 Å². The number of rotatable bonds is 3. The van der Waals surface area contributed by atoms with Crippen molar-refractivity contribution >= 4 is 17.5 Å². The molecule has 4 nitrogen and oxygen atoms in total. The fourth-order valence-electron chi connectivity index (χ4n) is 2.32. The Bertz CT molecular complexity index is 665. The summed E-state index contributed by atoms with van der Waals surface area (Å²) in [5.41, 5.74) is 2.95. The normalized spacial score (nSPS) is 12.9. The molecular formula is C16H14ClN2O2-. The minimum absolute atomic E-state index is 0. The highest BCUT2D eigenvalue weighted by Gasteiger charge is 2.34. The number of nitrogens with zero attached hydrogens (tertiary/aromatic N) is 1. The standard InChI is InChI=1S/C16H14N2O2.ClH/c1-11-6-2-5-9-14(11)17-10-18-15(19)12-7-3-4-8-13(12)16(18)20;/h2-9,17H,10H2,1H3;1H/p-1. The number of para-hydroxylation sites is 1. The predicted molar refractivity (Wildman–Crippen MR) is 76.6 cm³/mol. The predicted octanol–water partition coefficient (Wildman–Crippen LogP) is -0.335. The lowest BCUT2D eigenvalue weighted by Crippen LogP contribution is -3.00. The van der Waals surface area contributed by atoms with Gasteiger partial charge >= 0.3 is 0 Å². The molecule has 0 radical (unpaired) electrons. The number of halogens is 1. The summed E-state index contributed by atoms with van der Waals surface area (Å²) in [4.78, 5) is 25.6. The minimum Gasteiger partial charge on any atom is -1.00 e. The van der Waals surface area contributed by atoms with Crippen molar-refractivity contribution in [2.45, 2.75) is 6.92 Å². The van der Waals surface area contributed by atoms with Crippen LogP contribution in [0.25, 0.3) is 0 Å². The highest BCUT2D eigenvalue weighted by atomic mass is 35.5. The number of benzene rings is 2. The van der Waals surface area contributed by atoms with Gasteiger partial charge in [0.25, 0.3) is 11.8 Å². The summed E-state index contributed by atoms with van der Waals surface area (Å²) >= 11 is 0. The highest BCUT2D eigenvalue weighted by molar-refractivity contribution is 6.21. The number of hydrogen-bond acceptors (Lipinski definition) is 3. The number of nitrogens with one attached hydrogen (secondary N) is 1. The fourth-order valence-corrected chi connectivity index (χ4v) is 2.32. The van der Waals surface area contributed by atoms with E-state index in [1.165, 1.54) is 4.90 Å². The molecule has 5 heteroatoms. The van der Waals surface area contributed by atoms with Crippen molar-refractivity contribution in [1.29, 1.82) is 0 Å². The molecule has 0 saturated heterocycles. The molecule has 1 aliphatic rings. The Morgan fingerprint density at radius 2 is 1.43 bits per heavy atom. The molecule has 0 saturated carbocycles. The summed E-state index contributed by atoms with van der Waals surface area (Å²) in [5.74, 6) is -0.488. The van der Waals surface area contributed by atoms with E-state index in [1.807, 2.05) is 31.2 Å². The lowest BCUT2D eigenvalue weighted by atomic mass is 10.1. The smallest absolute Gasteiger partial charge is 0.263 e.